The molecule has 0 bridgehead atoms. The first-order chi connectivity index (χ1) is 10.3. The molecular formula is C18H25N3. The van der Waals surface area contributed by atoms with Crippen LogP contribution in [-0.2, 0) is 0 Å². The van der Waals surface area contributed by atoms with E-state index < -0.39 is 0 Å². The van der Waals surface area contributed by atoms with Crippen molar-refractivity contribution in [1.29, 1.82) is 0 Å². The van der Waals surface area contributed by atoms with Crippen LogP contribution in [0.15, 0.2) is 36.7 Å². The molecule has 1 fully saturated rings. The Morgan fingerprint density at radius 1 is 1.29 bits per heavy atom. The zero-order chi connectivity index (χ0) is 14.7. The smallest absolute Gasteiger partial charge is 0.0491 e. The molecule has 0 radical (unpaired) electrons. The summed E-state index contributed by atoms with van der Waals surface area (Å²) in [6.07, 6.45) is 8.09. The number of hydrogen-bond donors (Lipinski definition) is 1. The van der Waals surface area contributed by atoms with Crippen molar-refractivity contribution in [2.24, 2.45) is 11.7 Å². The van der Waals surface area contributed by atoms with Crippen LogP contribution >= 0.6 is 0 Å². The van der Waals surface area contributed by atoms with Gasteiger partial charge < -0.3 is 5.73 Å². The van der Waals surface area contributed by atoms with Crippen molar-refractivity contribution in [3.05, 3.63) is 42.2 Å². The van der Waals surface area contributed by atoms with E-state index in [2.05, 4.69) is 41.1 Å². The fraction of sp³-hybridized carbons (Fsp3) is 0.500. The second-order valence-corrected chi connectivity index (χ2v) is 6.09. The van der Waals surface area contributed by atoms with Crippen LogP contribution in [0.4, 0.5) is 0 Å². The Labute approximate surface area is 127 Å². The van der Waals surface area contributed by atoms with E-state index >= 15 is 0 Å². The topological polar surface area (TPSA) is 42.1 Å². The highest BCUT2D eigenvalue weighted by Crippen LogP contribution is 2.32. The Kier molecular flexibility index (Phi) is 4.51. The normalized spacial score (nSPS) is 17.1. The zero-order valence-corrected chi connectivity index (χ0v) is 12.8. The first-order valence-corrected chi connectivity index (χ1v) is 8.10. The largest absolute Gasteiger partial charge is 0.329 e. The van der Waals surface area contributed by atoms with Crippen molar-refractivity contribution in [3.8, 4) is 0 Å². The highest BCUT2D eigenvalue weighted by molar-refractivity contribution is 5.85. The lowest BCUT2D eigenvalue weighted by Gasteiger charge is -2.36. The van der Waals surface area contributed by atoms with Crippen LogP contribution in [0.1, 0.15) is 37.8 Å². The molecule has 1 aromatic carbocycles. The van der Waals surface area contributed by atoms with E-state index in [0.717, 1.165) is 12.5 Å². The standard InChI is InChI=1S/C18H25N3/c1-2-21(13-14-6-5-7-14)18(10-19)17-12-20-11-15-8-3-4-9-16(15)17/h3-4,8-9,11-12,14,18H,2,5-7,10,13,19H2,1H3. The van der Waals surface area contributed by atoms with Gasteiger partial charge in [0.25, 0.3) is 0 Å². The zero-order valence-electron chi connectivity index (χ0n) is 12.8. The average molecular weight is 283 g/mol. The number of likely N-dealkylation sites (N-methyl/N-ethyl adjacent to an activating group) is 1. The van der Waals surface area contributed by atoms with Crippen LogP contribution in [-0.4, -0.2) is 29.5 Å². The van der Waals surface area contributed by atoms with Crippen LogP contribution in [0.2, 0.25) is 0 Å². The predicted molar refractivity (Wildman–Crippen MR) is 88.1 cm³/mol. The molecule has 112 valence electrons. The van der Waals surface area contributed by atoms with Crippen LogP contribution in [0, 0.1) is 5.92 Å². The third-order valence-corrected chi connectivity index (χ3v) is 4.85. The summed E-state index contributed by atoms with van der Waals surface area (Å²) >= 11 is 0. The van der Waals surface area contributed by atoms with E-state index in [1.54, 1.807) is 0 Å². The summed E-state index contributed by atoms with van der Waals surface area (Å²) in [6, 6.07) is 8.75. The molecule has 1 aliphatic carbocycles. The molecule has 3 rings (SSSR count). The fourth-order valence-corrected chi connectivity index (χ4v) is 3.36. The van der Waals surface area contributed by atoms with Gasteiger partial charge in [0.05, 0.1) is 0 Å². The highest BCUT2D eigenvalue weighted by atomic mass is 15.2. The van der Waals surface area contributed by atoms with Gasteiger partial charge in [0, 0.05) is 36.9 Å². The Balaban J connectivity index is 1.92. The van der Waals surface area contributed by atoms with E-state index in [4.69, 9.17) is 5.73 Å². The number of fused-ring (bicyclic) bond motifs is 1. The summed E-state index contributed by atoms with van der Waals surface area (Å²) in [6.45, 7) is 5.10. The van der Waals surface area contributed by atoms with E-state index in [9.17, 15) is 0 Å². The summed E-state index contributed by atoms with van der Waals surface area (Å²) in [4.78, 5) is 6.96. The van der Waals surface area contributed by atoms with Crippen molar-refractivity contribution in [1.82, 2.24) is 9.88 Å². The molecule has 1 atom stereocenters. The van der Waals surface area contributed by atoms with Gasteiger partial charge in [-0.2, -0.15) is 0 Å². The molecule has 1 unspecified atom stereocenters. The van der Waals surface area contributed by atoms with Gasteiger partial charge in [0.15, 0.2) is 0 Å². The van der Waals surface area contributed by atoms with Gasteiger partial charge in [-0.15, -0.1) is 0 Å². The fourth-order valence-electron chi connectivity index (χ4n) is 3.36. The summed E-state index contributed by atoms with van der Waals surface area (Å²) in [5.74, 6) is 0.863. The molecule has 1 heterocycles. The molecule has 3 heteroatoms. The summed E-state index contributed by atoms with van der Waals surface area (Å²) in [7, 11) is 0. The van der Waals surface area contributed by atoms with Gasteiger partial charge in [-0.3, -0.25) is 9.88 Å². The van der Waals surface area contributed by atoms with Crippen molar-refractivity contribution in [2.75, 3.05) is 19.6 Å². The monoisotopic (exact) mass is 283 g/mol. The van der Waals surface area contributed by atoms with Crippen molar-refractivity contribution < 1.29 is 0 Å². The molecule has 0 saturated heterocycles. The lowest BCUT2D eigenvalue weighted by atomic mass is 9.84. The third kappa shape index (κ3) is 2.94. The van der Waals surface area contributed by atoms with E-state index in [-0.39, 0.29) is 6.04 Å². The maximum atomic E-state index is 6.14. The lowest BCUT2D eigenvalue weighted by molar-refractivity contribution is 0.142. The molecule has 2 N–H and O–H groups in total. The SMILES string of the molecule is CCN(CC1CCC1)C(CN)c1cncc2ccccc12. The number of aromatic nitrogens is 1. The number of hydrogen-bond acceptors (Lipinski definition) is 3. The summed E-state index contributed by atoms with van der Waals surface area (Å²) < 4.78 is 0. The van der Waals surface area contributed by atoms with Crippen molar-refractivity contribution in [2.45, 2.75) is 32.2 Å². The summed E-state index contributed by atoms with van der Waals surface area (Å²) in [5.41, 5.74) is 7.41. The molecule has 2 aromatic rings. The molecule has 0 aliphatic heterocycles. The minimum Gasteiger partial charge on any atom is -0.329 e. The number of rotatable bonds is 6. The Morgan fingerprint density at radius 2 is 2.10 bits per heavy atom. The molecule has 1 saturated carbocycles. The Hall–Kier alpha value is -1.45. The van der Waals surface area contributed by atoms with Gasteiger partial charge in [-0.1, -0.05) is 37.6 Å². The molecule has 0 amide bonds. The van der Waals surface area contributed by atoms with Gasteiger partial charge in [0.1, 0.15) is 0 Å². The number of pyridine rings is 1. The van der Waals surface area contributed by atoms with Gasteiger partial charge >= 0.3 is 0 Å². The van der Waals surface area contributed by atoms with Gasteiger partial charge in [-0.25, -0.2) is 0 Å². The van der Waals surface area contributed by atoms with Gasteiger partial charge in [0.2, 0.25) is 0 Å². The van der Waals surface area contributed by atoms with Crippen molar-refractivity contribution >= 4 is 10.8 Å². The minimum absolute atomic E-state index is 0.272. The number of benzene rings is 1. The predicted octanol–water partition coefficient (Wildman–Crippen LogP) is 3.36. The van der Waals surface area contributed by atoms with E-state index in [0.29, 0.717) is 6.54 Å². The van der Waals surface area contributed by atoms with E-state index in [1.807, 2.05) is 12.4 Å². The van der Waals surface area contributed by atoms with Crippen LogP contribution in [0.3, 0.4) is 0 Å². The Morgan fingerprint density at radius 3 is 2.76 bits per heavy atom. The molecule has 0 spiro atoms. The second-order valence-electron chi connectivity index (χ2n) is 6.09. The lowest BCUT2D eigenvalue weighted by Crippen LogP contribution is -2.38. The van der Waals surface area contributed by atoms with E-state index in [1.165, 1.54) is 42.1 Å². The van der Waals surface area contributed by atoms with Crippen LogP contribution in [0.25, 0.3) is 10.8 Å². The quantitative estimate of drug-likeness (QED) is 0.884. The number of nitrogens with two attached hydrogens (primary N) is 1. The average Bonchev–Trinajstić information content (AvgIpc) is 2.49. The number of nitrogens with zero attached hydrogens (tertiary/aromatic N) is 2. The maximum absolute atomic E-state index is 6.14. The first-order valence-electron chi connectivity index (χ1n) is 8.10. The first kappa shape index (κ1) is 14.5. The second kappa shape index (κ2) is 6.54. The maximum Gasteiger partial charge on any atom is 0.0491 e. The Bertz CT molecular complexity index is 587. The molecule has 21 heavy (non-hydrogen) atoms. The minimum atomic E-state index is 0.272. The third-order valence-electron chi connectivity index (χ3n) is 4.85. The molecule has 1 aliphatic rings. The van der Waals surface area contributed by atoms with Crippen molar-refractivity contribution in [3.63, 3.8) is 0 Å². The van der Waals surface area contributed by atoms with Crippen LogP contribution < -0.4 is 5.73 Å². The van der Waals surface area contributed by atoms with Gasteiger partial charge in [-0.05, 0) is 36.3 Å². The molecule has 3 nitrogen and oxygen atoms in total. The highest BCUT2D eigenvalue weighted by Gasteiger charge is 2.25. The van der Waals surface area contributed by atoms with Crippen LogP contribution in [0.5, 0.6) is 0 Å². The molecule has 1 aromatic heterocycles. The molecular weight excluding hydrogens is 258 g/mol. The summed E-state index contributed by atoms with van der Waals surface area (Å²) in [5, 5.41) is 2.49.